The molecule has 1 aliphatic heterocycles. The SMILES string of the molecule is CC=CC1(C(O)CC)CO1. The average molecular weight is 142 g/mol. The van der Waals surface area contributed by atoms with Gasteiger partial charge in [-0.05, 0) is 13.3 Å². The molecule has 2 unspecified atom stereocenters. The van der Waals surface area contributed by atoms with Gasteiger partial charge >= 0.3 is 0 Å². The zero-order valence-corrected chi connectivity index (χ0v) is 6.50. The second-order valence-electron chi connectivity index (χ2n) is 2.67. The predicted octanol–water partition coefficient (Wildman–Crippen LogP) is 1.10. The van der Waals surface area contributed by atoms with E-state index in [-0.39, 0.29) is 11.7 Å². The Hall–Kier alpha value is -0.340. The average Bonchev–Trinajstić information content (AvgIpc) is 2.69. The Bertz CT molecular complexity index is 136. The number of allylic oxidation sites excluding steroid dienone is 1. The standard InChI is InChI=1S/C8H14O2/c1-3-5-8(6-10-8)7(9)4-2/h3,5,7,9H,4,6H2,1-2H3. The van der Waals surface area contributed by atoms with E-state index in [1.54, 1.807) is 0 Å². The molecule has 1 saturated heterocycles. The van der Waals surface area contributed by atoms with Crippen LogP contribution in [0.4, 0.5) is 0 Å². The van der Waals surface area contributed by atoms with E-state index < -0.39 is 0 Å². The summed E-state index contributed by atoms with van der Waals surface area (Å²) in [4.78, 5) is 0. The summed E-state index contributed by atoms with van der Waals surface area (Å²) in [6, 6.07) is 0. The van der Waals surface area contributed by atoms with E-state index >= 15 is 0 Å². The van der Waals surface area contributed by atoms with Gasteiger partial charge in [-0.25, -0.2) is 0 Å². The summed E-state index contributed by atoms with van der Waals surface area (Å²) in [6.07, 6.45) is 4.28. The topological polar surface area (TPSA) is 32.8 Å². The van der Waals surface area contributed by atoms with E-state index in [9.17, 15) is 5.11 Å². The highest BCUT2D eigenvalue weighted by Crippen LogP contribution is 2.33. The molecule has 2 nitrogen and oxygen atoms in total. The highest BCUT2D eigenvalue weighted by Gasteiger charge is 2.47. The lowest BCUT2D eigenvalue weighted by molar-refractivity contribution is 0.0964. The van der Waals surface area contributed by atoms with Gasteiger partial charge < -0.3 is 9.84 Å². The highest BCUT2D eigenvalue weighted by atomic mass is 16.6. The van der Waals surface area contributed by atoms with Crippen molar-refractivity contribution in [1.82, 2.24) is 0 Å². The number of aliphatic hydroxyl groups excluding tert-OH is 1. The molecule has 2 heteroatoms. The van der Waals surface area contributed by atoms with E-state index in [0.29, 0.717) is 6.61 Å². The van der Waals surface area contributed by atoms with Crippen molar-refractivity contribution in [3.8, 4) is 0 Å². The lowest BCUT2D eigenvalue weighted by Gasteiger charge is -2.12. The molecule has 0 aliphatic carbocycles. The maximum absolute atomic E-state index is 9.40. The Labute approximate surface area is 61.5 Å². The number of epoxide rings is 1. The Morgan fingerprint density at radius 3 is 2.70 bits per heavy atom. The molecule has 10 heavy (non-hydrogen) atoms. The Morgan fingerprint density at radius 2 is 2.40 bits per heavy atom. The summed E-state index contributed by atoms with van der Waals surface area (Å²) in [5, 5.41) is 9.40. The summed E-state index contributed by atoms with van der Waals surface area (Å²) in [5.41, 5.74) is -0.316. The van der Waals surface area contributed by atoms with E-state index in [0.717, 1.165) is 6.42 Å². The van der Waals surface area contributed by atoms with E-state index in [4.69, 9.17) is 4.74 Å². The zero-order valence-electron chi connectivity index (χ0n) is 6.50. The van der Waals surface area contributed by atoms with Gasteiger partial charge in [0.25, 0.3) is 0 Å². The minimum Gasteiger partial charge on any atom is -0.390 e. The second kappa shape index (κ2) is 2.72. The molecular formula is C8H14O2. The van der Waals surface area contributed by atoms with Crippen molar-refractivity contribution in [3.63, 3.8) is 0 Å². The molecule has 0 aromatic rings. The van der Waals surface area contributed by atoms with Crippen molar-refractivity contribution in [2.24, 2.45) is 0 Å². The van der Waals surface area contributed by atoms with Crippen molar-refractivity contribution in [2.45, 2.75) is 32.0 Å². The van der Waals surface area contributed by atoms with Gasteiger partial charge in [0.05, 0.1) is 12.7 Å². The van der Waals surface area contributed by atoms with Crippen molar-refractivity contribution < 1.29 is 9.84 Å². The van der Waals surface area contributed by atoms with Crippen LogP contribution in [-0.2, 0) is 4.74 Å². The zero-order chi connectivity index (χ0) is 7.61. The van der Waals surface area contributed by atoms with E-state index in [1.807, 2.05) is 26.0 Å². The third kappa shape index (κ3) is 1.22. The van der Waals surface area contributed by atoms with Crippen molar-refractivity contribution in [1.29, 1.82) is 0 Å². The maximum atomic E-state index is 9.40. The van der Waals surface area contributed by atoms with Gasteiger partial charge in [0.15, 0.2) is 0 Å². The monoisotopic (exact) mass is 142 g/mol. The van der Waals surface area contributed by atoms with E-state index in [2.05, 4.69) is 0 Å². The van der Waals surface area contributed by atoms with Gasteiger partial charge in [0, 0.05) is 0 Å². The van der Waals surface area contributed by atoms with Crippen molar-refractivity contribution >= 4 is 0 Å². The van der Waals surface area contributed by atoms with Gasteiger partial charge in [-0.1, -0.05) is 19.1 Å². The first-order valence-corrected chi connectivity index (χ1v) is 3.71. The van der Waals surface area contributed by atoms with Gasteiger partial charge in [0.2, 0.25) is 0 Å². The number of rotatable bonds is 3. The fourth-order valence-corrected chi connectivity index (χ4v) is 1.11. The van der Waals surface area contributed by atoms with Crippen LogP contribution < -0.4 is 0 Å². The molecule has 1 heterocycles. The van der Waals surface area contributed by atoms with Crippen LogP contribution in [0.1, 0.15) is 20.3 Å². The summed E-state index contributed by atoms with van der Waals surface area (Å²) < 4.78 is 5.15. The summed E-state index contributed by atoms with van der Waals surface area (Å²) in [5.74, 6) is 0. The highest BCUT2D eigenvalue weighted by molar-refractivity contribution is 5.13. The van der Waals surface area contributed by atoms with Crippen molar-refractivity contribution in [3.05, 3.63) is 12.2 Å². The fourth-order valence-electron chi connectivity index (χ4n) is 1.11. The molecule has 0 spiro atoms. The summed E-state index contributed by atoms with van der Waals surface area (Å²) >= 11 is 0. The smallest absolute Gasteiger partial charge is 0.135 e. The summed E-state index contributed by atoms with van der Waals surface area (Å²) in [7, 11) is 0. The molecule has 1 rings (SSSR count). The largest absolute Gasteiger partial charge is 0.390 e. The van der Waals surface area contributed by atoms with Crippen molar-refractivity contribution in [2.75, 3.05) is 6.61 Å². The molecule has 1 fully saturated rings. The fraction of sp³-hybridized carbons (Fsp3) is 0.750. The van der Waals surface area contributed by atoms with Gasteiger partial charge in [0.1, 0.15) is 5.60 Å². The molecule has 58 valence electrons. The first-order valence-electron chi connectivity index (χ1n) is 3.71. The van der Waals surface area contributed by atoms with Gasteiger partial charge in [-0.2, -0.15) is 0 Å². The second-order valence-corrected chi connectivity index (χ2v) is 2.67. The molecule has 1 N–H and O–H groups in total. The normalized spacial score (nSPS) is 34.7. The Kier molecular flexibility index (Phi) is 2.11. The lowest BCUT2D eigenvalue weighted by atomic mass is 10.0. The first-order chi connectivity index (χ1) is 4.75. The molecule has 0 aromatic carbocycles. The Morgan fingerprint density at radius 1 is 1.80 bits per heavy atom. The first kappa shape index (κ1) is 7.76. The summed E-state index contributed by atoms with van der Waals surface area (Å²) in [6.45, 7) is 4.57. The molecule has 1 aliphatic rings. The van der Waals surface area contributed by atoms with Crippen LogP contribution in [0.5, 0.6) is 0 Å². The Balaban J connectivity index is 2.51. The molecule has 0 bridgehead atoms. The third-order valence-corrected chi connectivity index (χ3v) is 1.88. The third-order valence-electron chi connectivity index (χ3n) is 1.88. The van der Waals surface area contributed by atoms with Crippen LogP contribution in [0.3, 0.4) is 0 Å². The van der Waals surface area contributed by atoms with Crippen LogP contribution in [0.15, 0.2) is 12.2 Å². The van der Waals surface area contributed by atoms with Crippen LogP contribution in [0.2, 0.25) is 0 Å². The van der Waals surface area contributed by atoms with Gasteiger partial charge in [-0.15, -0.1) is 0 Å². The van der Waals surface area contributed by atoms with Crippen LogP contribution >= 0.6 is 0 Å². The molecule has 2 atom stereocenters. The molecule has 0 amide bonds. The van der Waals surface area contributed by atoms with E-state index in [1.165, 1.54) is 0 Å². The lowest BCUT2D eigenvalue weighted by Crippen LogP contribution is -2.26. The molecule has 0 aromatic heterocycles. The predicted molar refractivity (Wildman–Crippen MR) is 39.8 cm³/mol. The van der Waals surface area contributed by atoms with Crippen LogP contribution in [-0.4, -0.2) is 23.4 Å². The maximum Gasteiger partial charge on any atom is 0.135 e. The molecule has 0 saturated carbocycles. The molecule has 0 radical (unpaired) electrons. The van der Waals surface area contributed by atoms with Gasteiger partial charge in [-0.3, -0.25) is 0 Å². The number of ether oxygens (including phenoxy) is 1. The molecular weight excluding hydrogens is 128 g/mol. The number of aliphatic hydroxyl groups is 1. The number of hydrogen-bond donors (Lipinski definition) is 1. The quantitative estimate of drug-likeness (QED) is 0.473. The minimum atomic E-state index is -0.330. The number of hydrogen-bond acceptors (Lipinski definition) is 2. The van der Waals surface area contributed by atoms with Crippen LogP contribution in [0.25, 0.3) is 0 Å². The van der Waals surface area contributed by atoms with Crippen LogP contribution in [0, 0.1) is 0 Å². The minimum absolute atomic E-state index is 0.316.